The molecule has 0 unspecified atom stereocenters. The van der Waals surface area contributed by atoms with Gasteiger partial charge in [-0.15, -0.1) is 22.7 Å². The van der Waals surface area contributed by atoms with E-state index < -0.39 is 16.9 Å². The number of rotatable bonds is 5. The number of aromatic nitrogens is 3. The zero-order valence-electron chi connectivity index (χ0n) is 14.0. The highest BCUT2D eigenvalue weighted by molar-refractivity contribution is 7.10. The van der Waals surface area contributed by atoms with Gasteiger partial charge in [-0.3, -0.25) is 4.79 Å². The monoisotopic (exact) mass is 398 g/mol. The Balaban J connectivity index is 1.68. The lowest BCUT2D eigenvalue weighted by Crippen LogP contribution is -2.29. The van der Waals surface area contributed by atoms with Crippen LogP contribution in [0.15, 0.2) is 59.1 Å². The SMILES string of the molecule is O=C1C=C(/C=C/c2cccs2)C[C@H](c2cccs2)[C@H]1n1cnc([N+](=O)[O-])n1. The largest absolute Gasteiger partial charge is 0.490 e. The number of nitrogens with zero attached hydrogens (tertiary/aromatic N) is 4. The maximum atomic E-state index is 12.9. The number of hydrogen-bond acceptors (Lipinski definition) is 7. The summed E-state index contributed by atoms with van der Waals surface area (Å²) >= 11 is 3.19. The van der Waals surface area contributed by atoms with Crippen LogP contribution in [-0.2, 0) is 4.79 Å². The smallest absolute Gasteiger partial charge is 0.390 e. The van der Waals surface area contributed by atoms with E-state index in [2.05, 4.69) is 10.1 Å². The second-order valence-electron chi connectivity index (χ2n) is 6.02. The van der Waals surface area contributed by atoms with Gasteiger partial charge in [-0.25, -0.2) is 0 Å². The lowest BCUT2D eigenvalue weighted by Gasteiger charge is -2.27. The van der Waals surface area contributed by atoms with Crippen LogP contribution >= 0.6 is 22.7 Å². The van der Waals surface area contributed by atoms with Crippen molar-refractivity contribution in [3.05, 3.63) is 78.9 Å². The molecule has 3 aromatic rings. The fraction of sp³-hybridized carbons (Fsp3) is 0.167. The highest BCUT2D eigenvalue weighted by Crippen LogP contribution is 2.41. The van der Waals surface area contributed by atoms with E-state index in [1.165, 1.54) is 11.0 Å². The van der Waals surface area contributed by atoms with Gasteiger partial charge in [-0.2, -0.15) is 4.68 Å². The Kier molecular flexibility index (Phi) is 4.78. The van der Waals surface area contributed by atoms with Crippen molar-refractivity contribution >= 4 is 40.5 Å². The second-order valence-corrected chi connectivity index (χ2v) is 7.98. The predicted molar refractivity (Wildman–Crippen MR) is 104 cm³/mol. The van der Waals surface area contributed by atoms with Gasteiger partial charge in [0.25, 0.3) is 0 Å². The molecule has 0 N–H and O–H groups in total. The zero-order chi connectivity index (χ0) is 18.8. The van der Waals surface area contributed by atoms with Gasteiger partial charge >= 0.3 is 5.95 Å². The first-order chi connectivity index (χ1) is 13.1. The van der Waals surface area contributed by atoms with Crippen LogP contribution in [0.2, 0.25) is 0 Å². The minimum absolute atomic E-state index is 0.134. The molecule has 0 spiro atoms. The zero-order valence-corrected chi connectivity index (χ0v) is 15.6. The molecule has 1 aliphatic rings. The molecule has 136 valence electrons. The van der Waals surface area contributed by atoms with Crippen molar-refractivity contribution in [3.63, 3.8) is 0 Å². The van der Waals surface area contributed by atoms with Gasteiger partial charge in [0.2, 0.25) is 6.33 Å². The molecule has 0 aromatic carbocycles. The van der Waals surface area contributed by atoms with Crippen LogP contribution in [-0.4, -0.2) is 25.5 Å². The molecule has 0 aliphatic heterocycles. The Morgan fingerprint density at radius 1 is 1.22 bits per heavy atom. The Morgan fingerprint density at radius 2 is 2.04 bits per heavy atom. The number of carbonyl (C=O) groups is 1. The van der Waals surface area contributed by atoms with Crippen molar-refractivity contribution in [3.8, 4) is 0 Å². The summed E-state index contributed by atoms with van der Waals surface area (Å²) in [6, 6.07) is 7.27. The molecular weight excluding hydrogens is 384 g/mol. The van der Waals surface area contributed by atoms with Crippen LogP contribution in [0.1, 0.15) is 28.1 Å². The predicted octanol–water partition coefficient (Wildman–Crippen LogP) is 4.25. The summed E-state index contributed by atoms with van der Waals surface area (Å²) in [5.41, 5.74) is 0.928. The molecule has 0 amide bonds. The first kappa shape index (κ1) is 17.5. The van der Waals surface area contributed by atoms with Crippen LogP contribution in [0.3, 0.4) is 0 Å². The van der Waals surface area contributed by atoms with Gasteiger partial charge in [-0.05, 0) is 52.0 Å². The third-order valence-corrected chi connectivity index (χ3v) is 6.16. The summed E-state index contributed by atoms with van der Waals surface area (Å²) in [6.07, 6.45) is 7.47. The Labute approximate surface area is 162 Å². The molecule has 9 heteroatoms. The van der Waals surface area contributed by atoms with Crippen LogP contribution in [0.25, 0.3) is 6.08 Å². The van der Waals surface area contributed by atoms with Crippen molar-refractivity contribution in [1.29, 1.82) is 0 Å². The fourth-order valence-electron chi connectivity index (χ4n) is 3.14. The minimum atomic E-state index is -0.658. The second kappa shape index (κ2) is 7.37. The Hall–Kier alpha value is -2.91. The molecule has 3 aromatic heterocycles. The van der Waals surface area contributed by atoms with Gasteiger partial charge in [0.15, 0.2) is 5.78 Å². The lowest BCUT2D eigenvalue weighted by atomic mass is 9.82. The molecule has 2 atom stereocenters. The van der Waals surface area contributed by atoms with Crippen LogP contribution in [0, 0.1) is 10.1 Å². The molecular formula is C18H14N4O3S2. The van der Waals surface area contributed by atoms with E-state index in [9.17, 15) is 14.9 Å². The highest BCUT2D eigenvalue weighted by atomic mass is 32.1. The Morgan fingerprint density at radius 3 is 2.70 bits per heavy atom. The fourth-order valence-corrected chi connectivity index (χ4v) is 4.62. The summed E-state index contributed by atoms with van der Waals surface area (Å²) in [7, 11) is 0. The highest BCUT2D eigenvalue weighted by Gasteiger charge is 2.37. The topological polar surface area (TPSA) is 90.9 Å². The molecule has 0 saturated carbocycles. The van der Waals surface area contributed by atoms with Gasteiger partial charge in [-0.1, -0.05) is 23.2 Å². The third-order valence-electron chi connectivity index (χ3n) is 4.31. The molecule has 0 saturated heterocycles. The average molecular weight is 398 g/mol. The maximum absolute atomic E-state index is 12.9. The summed E-state index contributed by atoms with van der Waals surface area (Å²) < 4.78 is 1.32. The van der Waals surface area contributed by atoms with Crippen molar-refractivity contribution in [2.75, 3.05) is 0 Å². The standard InChI is InChI=1S/C18H14N4O3S2/c23-15-10-12(5-6-13-3-1-7-26-13)9-14(16-4-2-8-27-16)17(15)21-11-19-18(20-21)22(24)25/h1-8,10-11,14,17H,9H2/b6-5+/t14-,17-/m1/s1. The summed E-state index contributed by atoms with van der Waals surface area (Å²) in [6.45, 7) is 0. The molecule has 0 radical (unpaired) electrons. The van der Waals surface area contributed by atoms with E-state index in [1.54, 1.807) is 28.7 Å². The van der Waals surface area contributed by atoms with E-state index in [-0.39, 0.29) is 11.7 Å². The van der Waals surface area contributed by atoms with E-state index in [1.807, 2.05) is 47.2 Å². The number of hydrogen-bond donors (Lipinski definition) is 0. The summed E-state index contributed by atoms with van der Waals surface area (Å²) in [5, 5.41) is 18.8. The normalized spacial score (nSPS) is 20.1. The van der Waals surface area contributed by atoms with Gasteiger partial charge < -0.3 is 10.1 Å². The first-order valence-electron chi connectivity index (χ1n) is 8.17. The van der Waals surface area contributed by atoms with Crippen LogP contribution in [0.4, 0.5) is 5.95 Å². The van der Waals surface area contributed by atoms with Crippen LogP contribution in [0.5, 0.6) is 0 Å². The average Bonchev–Trinajstić information content (AvgIpc) is 3.41. The molecule has 27 heavy (non-hydrogen) atoms. The molecule has 4 rings (SSSR count). The van der Waals surface area contributed by atoms with E-state index in [0.29, 0.717) is 6.42 Å². The van der Waals surface area contributed by atoms with Crippen molar-refractivity contribution in [1.82, 2.24) is 14.8 Å². The van der Waals surface area contributed by atoms with E-state index in [4.69, 9.17) is 0 Å². The quantitative estimate of drug-likeness (QED) is 0.473. The summed E-state index contributed by atoms with van der Waals surface area (Å²) in [4.78, 5) is 29.0. The van der Waals surface area contributed by atoms with E-state index >= 15 is 0 Å². The number of nitro groups is 1. The van der Waals surface area contributed by atoms with Crippen molar-refractivity contribution in [2.45, 2.75) is 18.4 Å². The van der Waals surface area contributed by atoms with E-state index in [0.717, 1.165) is 15.3 Å². The molecule has 1 aliphatic carbocycles. The van der Waals surface area contributed by atoms with Gasteiger partial charge in [0, 0.05) is 20.8 Å². The molecule has 3 heterocycles. The first-order valence-corrected chi connectivity index (χ1v) is 9.92. The Bertz CT molecular complexity index is 1020. The summed E-state index contributed by atoms with van der Waals surface area (Å²) in [5.74, 6) is -0.780. The molecule has 0 fully saturated rings. The van der Waals surface area contributed by atoms with Gasteiger partial charge in [0.1, 0.15) is 6.04 Å². The van der Waals surface area contributed by atoms with Gasteiger partial charge in [0.05, 0.1) is 0 Å². The number of allylic oxidation sites excluding steroid dienone is 3. The number of ketones is 1. The third kappa shape index (κ3) is 3.64. The molecule has 0 bridgehead atoms. The van der Waals surface area contributed by atoms with Crippen molar-refractivity contribution < 1.29 is 9.72 Å². The van der Waals surface area contributed by atoms with Crippen molar-refractivity contribution in [2.24, 2.45) is 0 Å². The maximum Gasteiger partial charge on any atom is 0.490 e. The number of thiophene rings is 2. The minimum Gasteiger partial charge on any atom is -0.390 e. The number of carbonyl (C=O) groups excluding carboxylic acids is 1. The van der Waals surface area contributed by atoms with Crippen LogP contribution < -0.4 is 0 Å². The lowest BCUT2D eigenvalue weighted by molar-refractivity contribution is -0.394. The molecule has 7 nitrogen and oxygen atoms in total.